The first-order valence-electron chi connectivity index (χ1n) is 20.0. The molecule has 344 valence electrons. The van der Waals surface area contributed by atoms with Crippen LogP contribution in [0.3, 0.4) is 0 Å². The van der Waals surface area contributed by atoms with E-state index in [1.54, 1.807) is 36.4 Å². The van der Waals surface area contributed by atoms with Gasteiger partial charge >= 0.3 is 302 Å². The first-order valence-corrected chi connectivity index (χ1v) is 23.8. The molecular weight excluding hydrogens is 1040 g/mol. The predicted octanol–water partition coefficient (Wildman–Crippen LogP) is 13.9. The first kappa shape index (κ1) is 49.3. The SMILES string of the molecule is CC(C)c1cccc(C(C)C)c1-n1cc(C(F)(F)CCCS(=O)(=O)Oc2cccc(Oc3cccc(C(F)(F)F)c3C#N)c2)n(-c2c(C(C)C)cccc2C(C)C)[c]1=[Au][C](F)(F)F. The van der Waals surface area contributed by atoms with Gasteiger partial charge in [-0.3, -0.25) is 0 Å². The number of imidazole rings is 1. The van der Waals surface area contributed by atoms with Gasteiger partial charge in [0.05, 0.1) is 5.56 Å². The predicted molar refractivity (Wildman–Crippen MR) is 221 cm³/mol. The van der Waals surface area contributed by atoms with Gasteiger partial charge in [0.25, 0.3) is 0 Å². The number of hydrogen-bond donors (Lipinski definition) is 0. The van der Waals surface area contributed by atoms with Crippen LogP contribution in [0.4, 0.5) is 35.1 Å². The van der Waals surface area contributed by atoms with Crippen molar-refractivity contribution in [2.75, 3.05) is 5.75 Å². The van der Waals surface area contributed by atoms with E-state index in [4.69, 9.17) is 8.92 Å². The number of nitriles is 1. The Morgan fingerprint density at radius 2 is 1.19 bits per heavy atom. The maximum atomic E-state index is 17.2. The third kappa shape index (κ3) is 11.5. The fourth-order valence-corrected chi connectivity index (χ4v) is 10.1. The van der Waals surface area contributed by atoms with Gasteiger partial charge in [0.2, 0.25) is 0 Å². The van der Waals surface area contributed by atoms with Crippen LogP contribution >= 0.6 is 0 Å². The average molecular weight is 1090 g/mol. The summed E-state index contributed by atoms with van der Waals surface area (Å²) in [6.45, 7) is 14.9. The summed E-state index contributed by atoms with van der Waals surface area (Å²) in [5.41, 5.74) is 0.316. The molecule has 1 heterocycles. The molecule has 4 aromatic carbocycles. The second kappa shape index (κ2) is 19.2. The Kier molecular flexibility index (Phi) is 15.0. The second-order valence-corrected chi connectivity index (χ2v) is 20.6. The average Bonchev–Trinajstić information content (AvgIpc) is 3.54. The standard InChI is InChI=1S/C45H48F5N3O4S.CF3.Au/c1-28(2)34-16-10-17-35(29(3)4)42(34)52-26-41(53(27-52)43-36(30(5)6)18-11-19-37(43)31(7)8)44(46,47)22-13-23-58(54,55)57-33-15-9-14-32(24-33)56-40-21-12-20-39(38(40)25-51)45(48,49)50;2-1(3)4;/h9-12,14-21,24,26,28-31H,13,22-23H2,1-8H3;;. The van der Waals surface area contributed by atoms with Gasteiger partial charge < -0.3 is 4.74 Å². The van der Waals surface area contributed by atoms with E-state index >= 15 is 8.78 Å². The van der Waals surface area contributed by atoms with Crippen LogP contribution in [-0.2, 0) is 41.5 Å². The van der Waals surface area contributed by atoms with Crippen LogP contribution in [0.1, 0.15) is 131 Å². The van der Waals surface area contributed by atoms with E-state index in [0.29, 0.717) is 34.0 Å². The van der Waals surface area contributed by atoms with Crippen LogP contribution in [0, 0.1) is 15.0 Å². The molecule has 17 heteroatoms. The van der Waals surface area contributed by atoms with Crippen LogP contribution in [0.25, 0.3) is 11.4 Å². The normalized spacial score (nSPS) is 13.3. The molecule has 0 fully saturated rings. The van der Waals surface area contributed by atoms with Crippen molar-refractivity contribution in [1.29, 1.82) is 5.26 Å². The van der Waals surface area contributed by atoms with E-state index in [0.717, 1.165) is 29.0 Å². The number of benzene rings is 4. The molecule has 63 heavy (non-hydrogen) atoms. The molecule has 0 aliphatic heterocycles. The number of ether oxygens (including phenoxy) is 1. The van der Waals surface area contributed by atoms with Crippen molar-refractivity contribution in [1.82, 2.24) is 9.13 Å². The quantitative estimate of drug-likeness (QED) is 0.0592. The topological polar surface area (TPSA) is 86.2 Å². The molecule has 0 unspecified atom stereocenters. The van der Waals surface area contributed by atoms with Crippen LogP contribution in [0.5, 0.6) is 17.2 Å². The number of halogens is 8. The zero-order chi connectivity index (χ0) is 46.8. The fourth-order valence-electron chi connectivity index (χ4n) is 7.21. The summed E-state index contributed by atoms with van der Waals surface area (Å²) in [7, 11) is -4.61. The molecule has 0 spiro atoms. The Balaban J connectivity index is 1.59. The van der Waals surface area contributed by atoms with E-state index in [2.05, 4.69) is 0 Å². The number of rotatable bonds is 15. The van der Waals surface area contributed by atoms with E-state index in [1.165, 1.54) is 28.8 Å². The van der Waals surface area contributed by atoms with Gasteiger partial charge in [-0.2, -0.15) is 18.4 Å². The molecule has 0 saturated carbocycles. The van der Waals surface area contributed by atoms with Gasteiger partial charge in [-0.15, -0.1) is 0 Å². The third-order valence-electron chi connectivity index (χ3n) is 10.1. The maximum absolute atomic E-state index is 17.2. The number of aromatic nitrogens is 2. The van der Waals surface area contributed by atoms with Gasteiger partial charge in [0.15, 0.2) is 0 Å². The van der Waals surface area contributed by atoms with Crippen molar-refractivity contribution in [3.8, 4) is 34.7 Å². The van der Waals surface area contributed by atoms with Crippen molar-refractivity contribution >= 4 is 10.1 Å². The number of para-hydroxylation sites is 2. The van der Waals surface area contributed by atoms with Gasteiger partial charge in [-0.1, -0.05) is 6.07 Å². The first-order chi connectivity index (χ1) is 29.3. The number of nitrogens with zero attached hydrogens (tertiary/aromatic N) is 3. The molecule has 0 bridgehead atoms. The second-order valence-electron chi connectivity index (χ2n) is 16.1. The van der Waals surface area contributed by atoms with E-state index in [-0.39, 0.29) is 44.5 Å². The molecular formula is C46H48AuF8N3O4S. The van der Waals surface area contributed by atoms with Crippen molar-refractivity contribution in [2.24, 2.45) is 0 Å². The van der Waals surface area contributed by atoms with Crippen LogP contribution in [0.2, 0.25) is 0 Å². The van der Waals surface area contributed by atoms with Crippen molar-refractivity contribution < 1.29 is 71.7 Å². The van der Waals surface area contributed by atoms with E-state index in [1.807, 2.05) is 55.4 Å². The van der Waals surface area contributed by atoms with Gasteiger partial charge in [0.1, 0.15) is 17.4 Å². The minimum atomic E-state index is -4.86. The van der Waals surface area contributed by atoms with Gasteiger partial charge in [-0.25, -0.2) is 0 Å². The number of alkyl halides is 8. The molecule has 0 aliphatic carbocycles. The van der Waals surface area contributed by atoms with E-state index < -0.39 is 87.1 Å². The molecule has 5 aromatic rings. The third-order valence-corrected chi connectivity index (χ3v) is 13.4. The Morgan fingerprint density at radius 1 is 0.698 bits per heavy atom. The Bertz CT molecular complexity index is 2620. The monoisotopic (exact) mass is 1090 g/mol. The fraction of sp³-hybridized carbons (Fsp3) is 0.391. The van der Waals surface area contributed by atoms with Gasteiger partial charge in [0, 0.05) is 0 Å². The van der Waals surface area contributed by atoms with Crippen molar-refractivity contribution in [2.45, 2.75) is 108 Å². The molecule has 0 saturated heterocycles. The van der Waals surface area contributed by atoms with Gasteiger partial charge in [-0.05, 0) is 18.2 Å². The van der Waals surface area contributed by atoms with Crippen LogP contribution < -0.4 is 8.92 Å². The molecule has 0 radical (unpaired) electrons. The number of hydrogen-bond acceptors (Lipinski definition) is 5. The zero-order valence-corrected chi connectivity index (χ0v) is 38.7. The molecule has 0 amide bonds. The molecule has 7 nitrogen and oxygen atoms in total. The molecule has 1 aromatic heterocycles. The van der Waals surface area contributed by atoms with Crippen molar-refractivity contribution in [3.63, 3.8) is 0 Å². The summed E-state index contributed by atoms with van der Waals surface area (Å²) in [6.07, 6.45) is -5.55. The van der Waals surface area contributed by atoms with Crippen LogP contribution in [0.15, 0.2) is 85.1 Å². The summed E-state index contributed by atoms with van der Waals surface area (Å²) in [4.78, 5) is 0. The minimum absolute atomic E-state index is 0.182. The molecule has 5 rings (SSSR count). The molecule has 0 aliphatic rings. The molecule has 0 atom stereocenters. The van der Waals surface area contributed by atoms with E-state index in [9.17, 15) is 40.0 Å². The Hall–Kier alpha value is -4.69. The van der Waals surface area contributed by atoms with Crippen LogP contribution in [-0.4, -0.2) is 27.7 Å². The summed E-state index contributed by atoms with van der Waals surface area (Å²) in [5.74, 6) is -6.78. The Morgan fingerprint density at radius 3 is 1.68 bits per heavy atom. The van der Waals surface area contributed by atoms with Crippen molar-refractivity contribution in [3.05, 3.63) is 128 Å². The summed E-state index contributed by atoms with van der Waals surface area (Å²) >= 11 is -2.80. The molecule has 0 N–H and O–H groups in total. The summed E-state index contributed by atoms with van der Waals surface area (Å²) < 4.78 is 154. The zero-order valence-electron chi connectivity index (χ0n) is 35.7. The Labute approximate surface area is 371 Å². The summed E-state index contributed by atoms with van der Waals surface area (Å²) in [5, 5.41) is 9.44. The summed E-state index contributed by atoms with van der Waals surface area (Å²) in [6, 6.07) is 19.7.